The van der Waals surface area contributed by atoms with Crippen molar-refractivity contribution in [3.63, 3.8) is 0 Å². The molecule has 0 heterocycles. The molecule has 0 bridgehead atoms. The zero-order valence-electron chi connectivity index (χ0n) is 11.4. The molecule has 1 aromatic rings. The molecule has 0 aliphatic heterocycles. The van der Waals surface area contributed by atoms with Crippen LogP contribution >= 0.6 is 0 Å². The smallest absolute Gasteiger partial charge is 0.251 e. The number of aliphatic hydroxyl groups is 1. The Kier molecular flexibility index (Phi) is 6.66. The molecule has 1 atom stereocenters. The second-order valence-electron chi connectivity index (χ2n) is 4.52. The van der Waals surface area contributed by atoms with E-state index < -0.39 is 5.82 Å². The van der Waals surface area contributed by atoms with Crippen molar-refractivity contribution < 1.29 is 19.1 Å². The molecule has 0 fully saturated rings. The van der Waals surface area contributed by atoms with Gasteiger partial charge in [-0.05, 0) is 37.6 Å². The number of benzene rings is 1. The summed E-state index contributed by atoms with van der Waals surface area (Å²) in [5.74, 6) is -0.854. The molecule has 0 saturated heterocycles. The van der Waals surface area contributed by atoms with Gasteiger partial charge in [-0.2, -0.15) is 0 Å². The van der Waals surface area contributed by atoms with Gasteiger partial charge in [0, 0.05) is 24.6 Å². The molecule has 1 aromatic carbocycles. The molecule has 0 aliphatic rings. The molecule has 0 radical (unpaired) electrons. The van der Waals surface area contributed by atoms with Crippen LogP contribution in [0.1, 0.15) is 30.1 Å². The molecule has 20 heavy (non-hydrogen) atoms. The molecule has 0 aromatic heterocycles. The van der Waals surface area contributed by atoms with Crippen molar-refractivity contribution in [1.29, 1.82) is 0 Å². The molecule has 5 nitrogen and oxygen atoms in total. The van der Waals surface area contributed by atoms with Gasteiger partial charge in [0.2, 0.25) is 5.91 Å². The number of halogens is 1. The summed E-state index contributed by atoms with van der Waals surface area (Å²) in [6.45, 7) is 1.96. The molecule has 0 aliphatic carbocycles. The van der Waals surface area contributed by atoms with Gasteiger partial charge in [0.05, 0.1) is 6.61 Å². The van der Waals surface area contributed by atoms with Crippen molar-refractivity contribution in [1.82, 2.24) is 10.6 Å². The van der Waals surface area contributed by atoms with Gasteiger partial charge in [-0.1, -0.05) is 0 Å². The molecule has 0 spiro atoms. The monoisotopic (exact) mass is 282 g/mol. The quantitative estimate of drug-likeness (QED) is 0.648. The van der Waals surface area contributed by atoms with E-state index in [1.165, 1.54) is 24.3 Å². The van der Waals surface area contributed by atoms with Crippen molar-refractivity contribution in [3.8, 4) is 0 Å². The number of carbonyl (C=O) groups is 2. The molecule has 1 rings (SSSR count). The Bertz CT molecular complexity index is 448. The second-order valence-corrected chi connectivity index (χ2v) is 4.52. The van der Waals surface area contributed by atoms with E-state index >= 15 is 0 Å². The maximum absolute atomic E-state index is 12.7. The Morgan fingerprint density at radius 3 is 2.55 bits per heavy atom. The lowest BCUT2D eigenvalue weighted by molar-refractivity contribution is -0.122. The average molecular weight is 282 g/mol. The maximum atomic E-state index is 12.7. The van der Waals surface area contributed by atoms with Crippen LogP contribution in [0.25, 0.3) is 0 Å². The Morgan fingerprint density at radius 2 is 1.95 bits per heavy atom. The Hall–Kier alpha value is -1.95. The number of amides is 2. The standard InChI is InChI=1S/C14H19FN2O3/c1-10(9-18)17-13(19)3-2-8-16-14(20)11-4-6-12(15)7-5-11/h4-7,10,18H,2-3,8-9H2,1H3,(H,16,20)(H,17,19). The van der Waals surface area contributed by atoms with Gasteiger partial charge in [0.25, 0.3) is 5.91 Å². The van der Waals surface area contributed by atoms with E-state index in [1.54, 1.807) is 6.92 Å². The van der Waals surface area contributed by atoms with Gasteiger partial charge in [-0.3, -0.25) is 9.59 Å². The lowest BCUT2D eigenvalue weighted by Gasteiger charge is -2.10. The lowest BCUT2D eigenvalue weighted by atomic mass is 10.2. The van der Waals surface area contributed by atoms with Crippen molar-refractivity contribution in [2.24, 2.45) is 0 Å². The SMILES string of the molecule is CC(CO)NC(=O)CCCNC(=O)c1ccc(F)cc1. The van der Waals surface area contributed by atoms with Crippen LogP contribution in [0.4, 0.5) is 4.39 Å². The summed E-state index contributed by atoms with van der Waals surface area (Å²) in [4.78, 5) is 23.0. The third-order valence-electron chi connectivity index (χ3n) is 2.65. The number of aliphatic hydroxyl groups excluding tert-OH is 1. The molecule has 0 saturated carbocycles. The molecule has 3 N–H and O–H groups in total. The molecule has 2 amide bonds. The first-order chi connectivity index (χ1) is 9.52. The predicted octanol–water partition coefficient (Wildman–Crippen LogP) is 0.833. The molecule has 110 valence electrons. The minimum atomic E-state index is -0.392. The average Bonchev–Trinajstić information content (AvgIpc) is 2.44. The summed E-state index contributed by atoms with van der Waals surface area (Å²) in [7, 11) is 0. The first-order valence-corrected chi connectivity index (χ1v) is 6.47. The highest BCUT2D eigenvalue weighted by atomic mass is 19.1. The van der Waals surface area contributed by atoms with E-state index in [9.17, 15) is 14.0 Å². The zero-order chi connectivity index (χ0) is 15.0. The first kappa shape index (κ1) is 16.1. The van der Waals surface area contributed by atoms with Crippen LogP contribution in [0.2, 0.25) is 0 Å². The highest BCUT2D eigenvalue weighted by Crippen LogP contribution is 2.02. The number of nitrogens with one attached hydrogen (secondary N) is 2. The fourth-order valence-corrected chi connectivity index (χ4v) is 1.55. The van der Waals surface area contributed by atoms with Crippen LogP contribution < -0.4 is 10.6 Å². The summed E-state index contributed by atoms with van der Waals surface area (Å²) in [5.41, 5.74) is 0.379. The van der Waals surface area contributed by atoms with Crippen LogP contribution in [0.5, 0.6) is 0 Å². The van der Waals surface area contributed by atoms with Gasteiger partial charge >= 0.3 is 0 Å². The maximum Gasteiger partial charge on any atom is 0.251 e. The summed E-state index contributed by atoms with van der Waals surface area (Å²) in [6.07, 6.45) is 0.769. The molecule has 6 heteroatoms. The minimum Gasteiger partial charge on any atom is -0.394 e. The third kappa shape index (κ3) is 5.79. The van der Waals surface area contributed by atoms with E-state index in [0.29, 0.717) is 18.5 Å². The third-order valence-corrected chi connectivity index (χ3v) is 2.65. The lowest BCUT2D eigenvalue weighted by Crippen LogP contribution is -2.35. The highest BCUT2D eigenvalue weighted by molar-refractivity contribution is 5.94. The van der Waals surface area contributed by atoms with Gasteiger partial charge < -0.3 is 15.7 Å². The van der Waals surface area contributed by atoms with Crippen LogP contribution in [-0.4, -0.2) is 36.1 Å². The van der Waals surface area contributed by atoms with Gasteiger partial charge in [-0.15, -0.1) is 0 Å². The number of rotatable bonds is 7. The van der Waals surface area contributed by atoms with Crippen molar-refractivity contribution in [2.45, 2.75) is 25.8 Å². The van der Waals surface area contributed by atoms with E-state index in [-0.39, 0.29) is 30.9 Å². The molecular weight excluding hydrogens is 263 g/mol. The van der Waals surface area contributed by atoms with Gasteiger partial charge in [0.1, 0.15) is 5.82 Å². The topological polar surface area (TPSA) is 78.4 Å². The summed E-state index contributed by atoms with van der Waals surface area (Å²) < 4.78 is 12.7. The Balaban J connectivity index is 2.22. The summed E-state index contributed by atoms with van der Waals surface area (Å²) >= 11 is 0. The Labute approximate surface area is 117 Å². The summed E-state index contributed by atoms with van der Waals surface area (Å²) in [6, 6.07) is 4.98. The predicted molar refractivity (Wildman–Crippen MR) is 72.7 cm³/mol. The van der Waals surface area contributed by atoms with Crippen LogP contribution in [0.3, 0.4) is 0 Å². The van der Waals surface area contributed by atoms with Crippen LogP contribution in [0, 0.1) is 5.82 Å². The van der Waals surface area contributed by atoms with Gasteiger partial charge in [-0.25, -0.2) is 4.39 Å². The van der Waals surface area contributed by atoms with Crippen molar-refractivity contribution in [2.75, 3.05) is 13.2 Å². The van der Waals surface area contributed by atoms with Crippen LogP contribution in [0.15, 0.2) is 24.3 Å². The molecule has 1 unspecified atom stereocenters. The second kappa shape index (κ2) is 8.27. The van der Waals surface area contributed by atoms with E-state index in [2.05, 4.69) is 10.6 Å². The number of carbonyl (C=O) groups excluding carboxylic acids is 2. The van der Waals surface area contributed by atoms with Gasteiger partial charge in [0.15, 0.2) is 0 Å². The fraction of sp³-hybridized carbons (Fsp3) is 0.429. The van der Waals surface area contributed by atoms with Crippen molar-refractivity contribution >= 4 is 11.8 Å². The molecular formula is C14H19FN2O3. The highest BCUT2D eigenvalue weighted by Gasteiger charge is 2.07. The minimum absolute atomic E-state index is 0.104. The Morgan fingerprint density at radius 1 is 1.30 bits per heavy atom. The largest absolute Gasteiger partial charge is 0.394 e. The van der Waals surface area contributed by atoms with E-state index in [1.807, 2.05) is 0 Å². The fourth-order valence-electron chi connectivity index (χ4n) is 1.55. The van der Waals surface area contributed by atoms with Crippen LogP contribution in [-0.2, 0) is 4.79 Å². The van der Waals surface area contributed by atoms with E-state index in [4.69, 9.17) is 5.11 Å². The van der Waals surface area contributed by atoms with E-state index in [0.717, 1.165) is 0 Å². The summed E-state index contributed by atoms with van der Waals surface area (Å²) in [5, 5.41) is 14.0. The number of hydrogen-bond donors (Lipinski definition) is 3. The normalized spacial score (nSPS) is 11.8. The number of hydrogen-bond acceptors (Lipinski definition) is 3. The zero-order valence-corrected chi connectivity index (χ0v) is 11.4. The first-order valence-electron chi connectivity index (χ1n) is 6.47. The van der Waals surface area contributed by atoms with Crippen molar-refractivity contribution in [3.05, 3.63) is 35.6 Å².